The summed E-state index contributed by atoms with van der Waals surface area (Å²) in [7, 11) is -3.88. The number of aliphatic hydroxyl groups excluding tert-OH is 1. The maximum Gasteiger partial charge on any atom is 0.573 e. The summed E-state index contributed by atoms with van der Waals surface area (Å²) in [4.78, 5) is 0.533. The number of aliphatic hydroxyl groups is 1. The van der Waals surface area contributed by atoms with Gasteiger partial charge < -0.3 is 9.84 Å². The zero-order valence-electron chi connectivity index (χ0n) is 12.2. The molecule has 2 aromatic rings. The Hall–Kier alpha value is -1.62. The molecule has 132 valence electrons. The van der Waals surface area contributed by atoms with E-state index >= 15 is 0 Å². The Morgan fingerprint density at radius 3 is 2.42 bits per heavy atom. The Bertz CT molecular complexity index is 743. The van der Waals surface area contributed by atoms with Gasteiger partial charge in [-0.25, -0.2) is 13.1 Å². The van der Waals surface area contributed by atoms with Crippen molar-refractivity contribution in [1.82, 2.24) is 4.72 Å². The summed E-state index contributed by atoms with van der Waals surface area (Å²) in [6.07, 6.45) is -5.44. The number of thiophene rings is 1. The van der Waals surface area contributed by atoms with Crippen molar-refractivity contribution in [3.63, 3.8) is 0 Å². The molecule has 2 rings (SSSR count). The second kappa shape index (κ2) is 7.51. The molecule has 0 aliphatic heterocycles. The Labute approximate surface area is 140 Å². The zero-order chi connectivity index (χ0) is 17.8. The van der Waals surface area contributed by atoms with Gasteiger partial charge in [0.25, 0.3) is 0 Å². The second-order valence-electron chi connectivity index (χ2n) is 4.74. The third kappa shape index (κ3) is 5.48. The van der Waals surface area contributed by atoms with Gasteiger partial charge >= 0.3 is 6.36 Å². The summed E-state index contributed by atoms with van der Waals surface area (Å²) in [6, 6.07) is 7.38. The minimum atomic E-state index is -4.84. The normalized spacial score (nSPS) is 13.7. The molecule has 0 unspecified atom stereocenters. The lowest BCUT2D eigenvalue weighted by atomic mass is 10.2. The molecule has 0 spiro atoms. The highest BCUT2D eigenvalue weighted by Gasteiger charge is 2.31. The summed E-state index contributed by atoms with van der Waals surface area (Å²) >= 11 is 1.36. The highest BCUT2D eigenvalue weighted by molar-refractivity contribution is 7.89. The SMILES string of the molecule is O=S(=O)(NCC[C@@H](O)c1cccs1)c1ccc(OC(F)(F)F)cc1. The maximum atomic E-state index is 12.1. The molecule has 1 aromatic carbocycles. The molecule has 1 atom stereocenters. The lowest BCUT2D eigenvalue weighted by Gasteiger charge is -2.11. The van der Waals surface area contributed by atoms with E-state index in [0.29, 0.717) is 0 Å². The lowest BCUT2D eigenvalue weighted by molar-refractivity contribution is -0.274. The predicted molar refractivity (Wildman–Crippen MR) is 82.2 cm³/mol. The van der Waals surface area contributed by atoms with Crippen LogP contribution >= 0.6 is 11.3 Å². The van der Waals surface area contributed by atoms with Gasteiger partial charge in [0.15, 0.2) is 0 Å². The van der Waals surface area contributed by atoms with E-state index in [-0.39, 0.29) is 17.9 Å². The van der Waals surface area contributed by atoms with Crippen LogP contribution in [0.5, 0.6) is 5.75 Å². The average molecular weight is 381 g/mol. The highest BCUT2D eigenvalue weighted by Crippen LogP contribution is 2.24. The van der Waals surface area contributed by atoms with E-state index in [0.717, 1.165) is 29.1 Å². The van der Waals surface area contributed by atoms with Gasteiger partial charge in [0, 0.05) is 11.4 Å². The quantitative estimate of drug-likeness (QED) is 0.773. The molecule has 5 nitrogen and oxygen atoms in total. The average Bonchev–Trinajstić information content (AvgIpc) is 3.00. The Kier molecular flexibility index (Phi) is 5.86. The largest absolute Gasteiger partial charge is 0.573 e. The van der Waals surface area contributed by atoms with E-state index < -0.39 is 28.2 Å². The van der Waals surface area contributed by atoms with Crippen molar-refractivity contribution in [1.29, 1.82) is 0 Å². The van der Waals surface area contributed by atoms with Gasteiger partial charge in [0.2, 0.25) is 10.0 Å². The van der Waals surface area contributed by atoms with Crippen LogP contribution in [0.1, 0.15) is 17.4 Å². The molecular formula is C14H14F3NO4S2. The fourth-order valence-electron chi connectivity index (χ4n) is 1.86. The van der Waals surface area contributed by atoms with Crippen molar-refractivity contribution in [2.75, 3.05) is 6.54 Å². The number of hydrogen-bond acceptors (Lipinski definition) is 5. The number of nitrogens with one attached hydrogen (secondary N) is 1. The third-order valence-electron chi connectivity index (χ3n) is 2.95. The molecule has 1 heterocycles. The molecule has 0 amide bonds. The van der Waals surface area contributed by atoms with Crippen LogP contribution in [-0.4, -0.2) is 26.4 Å². The maximum absolute atomic E-state index is 12.1. The van der Waals surface area contributed by atoms with E-state index in [1.807, 2.05) is 0 Å². The summed E-state index contributed by atoms with van der Waals surface area (Å²) < 4.78 is 66.2. The van der Waals surface area contributed by atoms with Crippen LogP contribution < -0.4 is 9.46 Å². The summed E-state index contributed by atoms with van der Waals surface area (Å²) in [5.74, 6) is -0.505. The molecular weight excluding hydrogens is 367 g/mol. The van der Waals surface area contributed by atoms with E-state index in [2.05, 4.69) is 9.46 Å². The topological polar surface area (TPSA) is 75.6 Å². The van der Waals surface area contributed by atoms with Crippen LogP contribution in [0.25, 0.3) is 0 Å². The standard InChI is InChI=1S/C14H14F3NO4S2/c15-14(16,17)22-10-3-5-11(6-4-10)24(20,21)18-8-7-12(19)13-2-1-9-23-13/h1-6,9,12,18-19H,7-8H2/t12-/m1/s1. The van der Waals surface area contributed by atoms with Gasteiger partial charge in [0.05, 0.1) is 11.0 Å². The fraction of sp³-hybridized carbons (Fsp3) is 0.286. The van der Waals surface area contributed by atoms with Crippen LogP contribution in [0.3, 0.4) is 0 Å². The first-order valence-corrected chi connectivity index (χ1v) is 9.10. The Balaban J connectivity index is 1.92. The molecule has 0 saturated heterocycles. The molecule has 2 N–H and O–H groups in total. The van der Waals surface area contributed by atoms with Crippen molar-refractivity contribution in [3.8, 4) is 5.75 Å². The van der Waals surface area contributed by atoms with Crippen molar-refractivity contribution < 1.29 is 31.4 Å². The van der Waals surface area contributed by atoms with E-state index in [1.54, 1.807) is 17.5 Å². The monoisotopic (exact) mass is 381 g/mol. The van der Waals surface area contributed by atoms with E-state index in [4.69, 9.17) is 0 Å². The predicted octanol–water partition coefficient (Wildman–Crippen LogP) is 3.05. The molecule has 0 aliphatic rings. The molecule has 0 fully saturated rings. The van der Waals surface area contributed by atoms with Crippen molar-refractivity contribution in [2.24, 2.45) is 0 Å². The molecule has 0 aliphatic carbocycles. The third-order valence-corrected chi connectivity index (χ3v) is 5.40. The Morgan fingerprint density at radius 1 is 1.21 bits per heavy atom. The first kappa shape index (κ1) is 18.7. The van der Waals surface area contributed by atoms with E-state index in [9.17, 15) is 26.7 Å². The summed E-state index contributed by atoms with van der Waals surface area (Å²) in [6.45, 7) is -0.0117. The molecule has 0 saturated carbocycles. The van der Waals surface area contributed by atoms with Gasteiger partial charge in [-0.15, -0.1) is 24.5 Å². The number of halogens is 3. The van der Waals surface area contributed by atoms with Crippen LogP contribution in [0.4, 0.5) is 13.2 Å². The summed E-state index contributed by atoms with van der Waals surface area (Å²) in [5.41, 5.74) is 0. The van der Waals surface area contributed by atoms with Crippen molar-refractivity contribution in [2.45, 2.75) is 23.8 Å². The van der Waals surface area contributed by atoms with Crippen LogP contribution in [0.2, 0.25) is 0 Å². The number of sulfonamides is 1. The van der Waals surface area contributed by atoms with Gasteiger partial charge in [-0.2, -0.15) is 0 Å². The fourth-order valence-corrected chi connectivity index (χ4v) is 3.65. The second-order valence-corrected chi connectivity index (χ2v) is 7.48. The first-order chi connectivity index (χ1) is 11.2. The van der Waals surface area contributed by atoms with Gasteiger partial charge in [-0.05, 0) is 42.1 Å². The van der Waals surface area contributed by atoms with Gasteiger partial charge in [-0.3, -0.25) is 0 Å². The number of alkyl halides is 3. The highest BCUT2D eigenvalue weighted by atomic mass is 32.2. The molecule has 0 bridgehead atoms. The Morgan fingerprint density at radius 2 is 1.88 bits per heavy atom. The van der Waals surface area contributed by atoms with Crippen molar-refractivity contribution >= 4 is 21.4 Å². The molecule has 10 heteroatoms. The summed E-state index contributed by atoms with van der Waals surface area (Å²) in [5, 5.41) is 11.7. The number of hydrogen-bond donors (Lipinski definition) is 2. The molecule has 0 radical (unpaired) electrons. The lowest BCUT2D eigenvalue weighted by Crippen LogP contribution is -2.26. The minimum Gasteiger partial charge on any atom is -0.406 e. The zero-order valence-corrected chi connectivity index (χ0v) is 13.8. The van der Waals surface area contributed by atoms with Gasteiger partial charge in [-0.1, -0.05) is 6.07 Å². The van der Waals surface area contributed by atoms with Crippen LogP contribution in [-0.2, 0) is 10.0 Å². The molecule has 24 heavy (non-hydrogen) atoms. The minimum absolute atomic E-state index is 0.0117. The van der Waals surface area contributed by atoms with Crippen LogP contribution in [0.15, 0.2) is 46.7 Å². The van der Waals surface area contributed by atoms with Gasteiger partial charge in [0.1, 0.15) is 5.75 Å². The number of benzene rings is 1. The number of ether oxygens (including phenoxy) is 1. The number of rotatable bonds is 7. The van der Waals surface area contributed by atoms with E-state index in [1.165, 1.54) is 11.3 Å². The smallest absolute Gasteiger partial charge is 0.406 e. The van der Waals surface area contributed by atoms with Crippen molar-refractivity contribution in [3.05, 3.63) is 46.7 Å². The first-order valence-electron chi connectivity index (χ1n) is 6.74. The molecule has 1 aromatic heterocycles. The van der Waals surface area contributed by atoms with Crippen LogP contribution in [0, 0.1) is 0 Å².